The fourth-order valence-electron chi connectivity index (χ4n) is 4.09. The van der Waals surface area contributed by atoms with Gasteiger partial charge >= 0.3 is 12.1 Å². The summed E-state index contributed by atoms with van der Waals surface area (Å²) in [6.45, 7) is 1.84. The lowest BCUT2D eigenvalue weighted by molar-refractivity contribution is 0.0600. The van der Waals surface area contributed by atoms with Gasteiger partial charge in [0.1, 0.15) is 12.4 Å². The minimum atomic E-state index is -0.475. The number of esters is 1. The van der Waals surface area contributed by atoms with Crippen molar-refractivity contribution in [3.05, 3.63) is 65.7 Å². The second-order valence-corrected chi connectivity index (χ2v) is 7.88. The van der Waals surface area contributed by atoms with Crippen LogP contribution in [0.4, 0.5) is 4.79 Å². The number of amides is 2. The van der Waals surface area contributed by atoms with Crippen LogP contribution in [0.1, 0.15) is 33.6 Å². The van der Waals surface area contributed by atoms with E-state index in [-0.39, 0.29) is 24.1 Å². The van der Waals surface area contributed by atoms with Crippen LogP contribution in [-0.4, -0.2) is 73.3 Å². The molecule has 168 valence electrons. The Kier molecular flexibility index (Phi) is 6.58. The van der Waals surface area contributed by atoms with Crippen LogP contribution < -0.4 is 4.74 Å². The Morgan fingerprint density at radius 1 is 1.03 bits per heavy atom. The van der Waals surface area contributed by atoms with Crippen molar-refractivity contribution in [2.75, 3.05) is 33.4 Å². The Bertz CT molecular complexity index is 971. The van der Waals surface area contributed by atoms with E-state index in [0.717, 1.165) is 5.75 Å². The number of carbonyl (C=O) groups is 3. The van der Waals surface area contributed by atoms with Crippen molar-refractivity contribution in [3.8, 4) is 5.75 Å². The fraction of sp³-hybridized carbons (Fsp3) is 0.375. The van der Waals surface area contributed by atoms with E-state index in [1.165, 1.54) is 7.11 Å². The summed E-state index contributed by atoms with van der Waals surface area (Å²) in [5.41, 5.74) is 0.793. The molecule has 1 unspecified atom stereocenters. The van der Waals surface area contributed by atoms with E-state index in [1.807, 2.05) is 30.3 Å². The number of benzene rings is 2. The Labute approximate surface area is 186 Å². The molecule has 2 aliphatic rings. The molecule has 2 aromatic carbocycles. The molecule has 2 heterocycles. The molecule has 0 spiro atoms. The van der Waals surface area contributed by atoms with Crippen LogP contribution in [0.25, 0.3) is 0 Å². The molecule has 2 amide bonds. The first kappa shape index (κ1) is 21.7. The van der Waals surface area contributed by atoms with E-state index >= 15 is 0 Å². The average molecular weight is 438 g/mol. The van der Waals surface area contributed by atoms with Crippen LogP contribution in [0.15, 0.2) is 54.6 Å². The molecule has 2 aliphatic heterocycles. The predicted octanol–water partition coefficient (Wildman–Crippen LogP) is 2.98. The summed E-state index contributed by atoms with van der Waals surface area (Å²) in [5.74, 6) is 0.133. The molecular weight excluding hydrogens is 412 g/mol. The van der Waals surface area contributed by atoms with Crippen LogP contribution in [0.2, 0.25) is 0 Å². The molecule has 2 saturated heterocycles. The van der Waals surface area contributed by atoms with E-state index in [1.54, 1.807) is 34.1 Å². The van der Waals surface area contributed by atoms with Gasteiger partial charge in [-0.05, 0) is 43.2 Å². The third-order valence-corrected chi connectivity index (χ3v) is 5.80. The van der Waals surface area contributed by atoms with E-state index in [4.69, 9.17) is 14.2 Å². The Morgan fingerprint density at radius 3 is 2.47 bits per heavy atom. The molecular formula is C24H26N2O6. The van der Waals surface area contributed by atoms with Gasteiger partial charge in [0.25, 0.3) is 5.91 Å². The SMILES string of the molecule is COC(=O)c1cccc(C(=O)N2CCC(N3CC(COc4ccccc4)OC3=O)CC2)c1. The van der Waals surface area contributed by atoms with Crippen molar-refractivity contribution >= 4 is 18.0 Å². The maximum absolute atomic E-state index is 12.9. The molecule has 32 heavy (non-hydrogen) atoms. The largest absolute Gasteiger partial charge is 0.490 e. The van der Waals surface area contributed by atoms with E-state index in [2.05, 4.69) is 0 Å². The van der Waals surface area contributed by atoms with Crippen molar-refractivity contribution in [2.45, 2.75) is 25.0 Å². The van der Waals surface area contributed by atoms with Gasteiger partial charge in [-0.1, -0.05) is 24.3 Å². The standard InChI is InChI=1S/C24H26N2O6/c1-30-23(28)18-7-5-6-17(14-18)22(27)25-12-10-19(11-13-25)26-15-21(32-24(26)29)16-31-20-8-3-2-4-9-20/h2-9,14,19,21H,10-13,15-16H2,1H3. The smallest absolute Gasteiger partial charge is 0.410 e. The number of para-hydroxylation sites is 1. The third kappa shape index (κ3) is 4.85. The van der Waals surface area contributed by atoms with Gasteiger partial charge in [-0.25, -0.2) is 9.59 Å². The number of likely N-dealkylation sites (tertiary alicyclic amines) is 1. The molecule has 8 heteroatoms. The summed E-state index contributed by atoms with van der Waals surface area (Å²) < 4.78 is 15.9. The molecule has 0 saturated carbocycles. The second-order valence-electron chi connectivity index (χ2n) is 7.88. The summed E-state index contributed by atoms with van der Waals surface area (Å²) in [5, 5.41) is 0. The van der Waals surface area contributed by atoms with Gasteiger partial charge < -0.3 is 24.0 Å². The molecule has 2 aromatic rings. The summed E-state index contributed by atoms with van der Waals surface area (Å²) in [7, 11) is 1.31. The van der Waals surface area contributed by atoms with Gasteiger partial charge in [-0.15, -0.1) is 0 Å². The minimum absolute atomic E-state index is 0.0229. The van der Waals surface area contributed by atoms with E-state index in [0.29, 0.717) is 50.2 Å². The Balaban J connectivity index is 1.29. The van der Waals surface area contributed by atoms with Gasteiger partial charge in [0, 0.05) is 24.7 Å². The highest BCUT2D eigenvalue weighted by molar-refractivity contribution is 5.98. The van der Waals surface area contributed by atoms with Gasteiger partial charge in [-0.3, -0.25) is 4.79 Å². The number of hydrogen-bond donors (Lipinski definition) is 0. The number of hydrogen-bond acceptors (Lipinski definition) is 6. The van der Waals surface area contributed by atoms with Gasteiger partial charge in [0.2, 0.25) is 0 Å². The van der Waals surface area contributed by atoms with Crippen molar-refractivity contribution in [3.63, 3.8) is 0 Å². The molecule has 1 atom stereocenters. The van der Waals surface area contributed by atoms with Crippen molar-refractivity contribution in [1.82, 2.24) is 9.80 Å². The van der Waals surface area contributed by atoms with Gasteiger partial charge in [-0.2, -0.15) is 0 Å². The van der Waals surface area contributed by atoms with Gasteiger partial charge in [0.05, 0.1) is 19.2 Å². The summed E-state index contributed by atoms with van der Waals surface area (Å²) in [6.07, 6.45) is 0.693. The number of methoxy groups -OCH3 is 1. The first-order chi connectivity index (χ1) is 15.5. The summed E-state index contributed by atoms with van der Waals surface area (Å²) in [6, 6.07) is 16.0. The maximum atomic E-state index is 12.9. The normalized spacial score (nSPS) is 18.9. The number of carbonyl (C=O) groups excluding carboxylic acids is 3. The number of nitrogens with zero attached hydrogens (tertiary/aromatic N) is 2. The van der Waals surface area contributed by atoms with Crippen molar-refractivity contribution in [2.24, 2.45) is 0 Å². The molecule has 0 N–H and O–H groups in total. The van der Waals surface area contributed by atoms with E-state index < -0.39 is 5.97 Å². The van der Waals surface area contributed by atoms with Crippen LogP contribution in [-0.2, 0) is 9.47 Å². The fourth-order valence-corrected chi connectivity index (χ4v) is 4.09. The first-order valence-corrected chi connectivity index (χ1v) is 10.7. The van der Waals surface area contributed by atoms with Crippen molar-refractivity contribution in [1.29, 1.82) is 0 Å². The summed E-state index contributed by atoms with van der Waals surface area (Å²) in [4.78, 5) is 40.5. The quantitative estimate of drug-likeness (QED) is 0.645. The van der Waals surface area contributed by atoms with Gasteiger partial charge in [0.15, 0.2) is 6.10 Å². The topological polar surface area (TPSA) is 85.4 Å². The summed E-state index contributed by atoms with van der Waals surface area (Å²) >= 11 is 0. The van der Waals surface area contributed by atoms with Crippen LogP contribution >= 0.6 is 0 Å². The highest BCUT2D eigenvalue weighted by Crippen LogP contribution is 2.24. The highest BCUT2D eigenvalue weighted by atomic mass is 16.6. The molecule has 0 radical (unpaired) electrons. The highest BCUT2D eigenvalue weighted by Gasteiger charge is 2.38. The average Bonchev–Trinajstić information content (AvgIpc) is 3.23. The molecule has 0 bridgehead atoms. The number of ether oxygens (including phenoxy) is 3. The zero-order valence-corrected chi connectivity index (χ0v) is 17.9. The Hall–Kier alpha value is -3.55. The third-order valence-electron chi connectivity index (χ3n) is 5.80. The molecule has 0 aromatic heterocycles. The van der Waals surface area contributed by atoms with Crippen LogP contribution in [0.3, 0.4) is 0 Å². The lowest BCUT2D eigenvalue weighted by Gasteiger charge is -2.35. The Morgan fingerprint density at radius 2 is 1.75 bits per heavy atom. The lowest BCUT2D eigenvalue weighted by atomic mass is 10.0. The first-order valence-electron chi connectivity index (χ1n) is 10.7. The van der Waals surface area contributed by atoms with Crippen molar-refractivity contribution < 1.29 is 28.6 Å². The molecule has 0 aliphatic carbocycles. The second kappa shape index (κ2) is 9.72. The molecule has 8 nitrogen and oxygen atoms in total. The predicted molar refractivity (Wildman–Crippen MR) is 116 cm³/mol. The van der Waals surface area contributed by atoms with E-state index in [9.17, 15) is 14.4 Å². The molecule has 2 fully saturated rings. The lowest BCUT2D eigenvalue weighted by Crippen LogP contribution is -2.47. The number of cyclic esters (lactones) is 1. The number of piperidine rings is 1. The monoisotopic (exact) mass is 438 g/mol. The minimum Gasteiger partial charge on any atom is -0.490 e. The number of rotatable bonds is 6. The maximum Gasteiger partial charge on any atom is 0.410 e. The zero-order chi connectivity index (χ0) is 22.5. The van der Waals surface area contributed by atoms with Crippen LogP contribution in [0, 0.1) is 0 Å². The zero-order valence-electron chi connectivity index (χ0n) is 17.9. The molecule has 4 rings (SSSR count). The van der Waals surface area contributed by atoms with Crippen LogP contribution in [0.5, 0.6) is 5.75 Å².